The molecule has 0 saturated carbocycles. The smallest absolute Gasteiger partial charge is 0.269 e. The number of hydrogen-bond donors (Lipinski definition) is 0. The fourth-order valence-corrected chi connectivity index (χ4v) is 5.27. The van der Waals surface area contributed by atoms with E-state index in [0.29, 0.717) is 25.1 Å². The molecule has 1 atom stereocenters. The van der Waals surface area contributed by atoms with Gasteiger partial charge in [-0.3, -0.25) is 14.9 Å². The Morgan fingerprint density at radius 3 is 2.59 bits per heavy atom. The molecule has 0 N–H and O–H groups in total. The van der Waals surface area contributed by atoms with E-state index in [2.05, 4.69) is 4.98 Å². The molecule has 0 bridgehead atoms. The molecule has 0 unspecified atom stereocenters. The van der Waals surface area contributed by atoms with Crippen LogP contribution in [0.1, 0.15) is 29.0 Å². The molecule has 1 aliphatic heterocycles. The van der Waals surface area contributed by atoms with Crippen LogP contribution in [0.5, 0.6) is 0 Å². The van der Waals surface area contributed by atoms with Crippen molar-refractivity contribution >= 4 is 17.1 Å². The van der Waals surface area contributed by atoms with Gasteiger partial charge in [-0.2, -0.15) is 5.10 Å². The maximum absolute atomic E-state index is 13.1. The third kappa shape index (κ3) is 4.98. The predicted octanol–water partition coefficient (Wildman–Crippen LogP) is 5.46. The number of nitrogens with zero attached hydrogens (tertiary/aromatic N) is 6. The Hall–Kier alpha value is -4.92. The number of benzene rings is 2. The third-order valence-electron chi connectivity index (χ3n) is 7.15. The van der Waals surface area contributed by atoms with Gasteiger partial charge >= 0.3 is 0 Å². The monoisotopic (exact) mass is 518 g/mol. The number of fused-ring (bicyclic) bond motifs is 1. The predicted molar refractivity (Wildman–Crippen MR) is 147 cm³/mol. The Labute approximate surface area is 224 Å². The molecule has 9 nitrogen and oxygen atoms in total. The number of carbonyl (C=O) groups is 1. The van der Waals surface area contributed by atoms with Crippen LogP contribution in [0.25, 0.3) is 28.0 Å². The van der Waals surface area contributed by atoms with Crippen LogP contribution < -0.4 is 0 Å². The first kappa shape index (κ1) is 24.4. The molecular weight excluding hydrogens is 492 g/mol. The van der Waals surface area contributed by atoms with Crippen LogP contribution in [0.15, 0.2) is 91.3 Å². The molecule has 39 heavy (non-hydrogen) atoms. The molecule has 6 rings (SSSR count). The van der Waals surface area contributed by atoms with E-state index < -0.39 is 4.92 Å². The quantitative estimate of drug-likeness (QED) is 0.218. The average Bonchev–Trinajstić information content (AvgIpc) is 3.37. The highest BCUT2D eigenvalue weighted by atomic mass is 16.6. The van der Waals surface area contributed by atoms with Crippen LogP contribution >= 0.6 is 0 Å². The molecule has 1 aliphatic rings. The Bertz CT molecular complexity index is 1650. The van der Waals surface area contributed by atoms with E-state index in [1.807, 2.05) is 70.2 Å². The van der Waals surface area contributed by atoms with Crippen molar-refractivity contribution in [2.75, 3.05) is 13.1 Å². The number of rotatable bonds is 6. The van der Waals surface area contributed by atoms with E-state index in [1.165, 1.54) is 24.3 Å². The maximum atomic E-state index is 13.1. The summed E-state index contributed by atoms with van der Waals surface area (Å²) < 4.78 is 1.88. The lowest BCUT2D eigenvalue weighted by molar-refractivity contribution is -0.384. The highest BCUT2D eigenvalue weighted by molar-refractivity contribution is 5.94. The number of pyridine rings is 1. The van der Waals surface area contributed by atoms with Crippen LogP contribution in [-0.2, 0) is 6.42 Å². The summed E-state index contributed by atoms with van der Waals surface area (Å²) in [6.45, 7) is 1.26. The lowest BCUT2D eigenvalue weighted by Crippen LogP contribution is -2.40. The minimum atomic E-state index is -0.463. The Morgan fingerprint density at radius 1 is 1.00 bits per heavy atom. The molecule has 1 amide bonds. The van der Waals surface area contributed by atoms with Crippen LogP contribution in [0, 0.1) is 16.0 Å². The number of nitro groups is 1. The molecule has 194 valence electrons. The molecule has 5 aromatic rings. The van der Waals surface area contributed by atoms with E-state index in [-0.39, 0.29) is 17.5 Å². The highest BCUT2D eigenvalue weighted by Gasteiger charge is 2.26. The van der Waals surface area contributed by atoms with Crippen molar-refractivity contribution in [1.29, 1.82) is 0 Å². The molecule has 1 fully saturated rings. The molecular formula is C30H26N6O3. The van der Waals surface area contributed by atoms with Gasteiger partial charge in [0.05, 0.1) is 21.7 Å². The standard InChI is InChI=1S/C30H26N6O3/c37-30(23-11-13-24(14-12-23)36(38)39)34-17-6-7-21(20-34)19-27-31-16-15-25(32-27)28-26-10-4-5-18-35(26)33-29(28)22-8-2-1-3-9-22/h1-5,8-16,18,21H,6-7,17,19-20H2/t21-/m1/s1. The molecule has 2 aromatic carbocycles. The van der Waals surface area contributed by atoms with Gasteiger partial charge in [-0.15, -0.1) is 0 Å². The summed E-state index contributed by atoms with van der Waals surface area (Å²) >= 11 is 0. The average molecular weight is 519 g/mol. The van der Waals surface area contributed by atoms with Gasteiger partial charge in [-0.05, 0) is 49.1 Å². The van der Waals surface area contributed by atoms with Gasteiger partial charge in [0.1, 0.15) is 11.5 Å². The number of non-ortho nitro benzene ring substituents is 1. The van der Waals surface area contributed by atoms with Gasteiger partial charge < -0.3 is 4.90 Å². The molecule has 9 heteroatoms. The zero-order valence-corrected chi connectivity index (χ0v) is 21.2. The lowest BCUT2D eigenvalue weighted by atomic mass is 9.93. The number of likely N-dealkylation sites (tertiary alicyclic amines) is 1. The van der Waals surface area contributed by atoms with Gasteiger partial charge in [0.25, 0.3) is 11.6 Å². The summed E-state index contributed by atoms with van der Waals surface area (Å²) in [7, 11) is 0. The van der Waals surface area contributed by atoms with Gasteiger partial charge in [-0.1, -0.05) is 36.4 Å². The molecule has 0 radical (unpaired) electrons. The summed E-state index contributed by atoms with van der Waals surface area (Å²) in [6, 6.07) is 23.8. The molecule has 0 spiro atoms. The summed E-state index contributed by atoms with van der Waals surface area (Å²) in [6.07, 6.45) is 6.24. The molecule has 3 aromatic heterocycles. The van der Waals surface area contributed by atoms with Crippen LogP contribution in [0.4, 0.5) is 5.69 Å². The summed E-state index contributed by atoms with van der Waals surface area (Å²) in [5.41, 5.74) is 5.06. The van der Waals surface area contributed by atoms with Crippen LogP contribution in [-0.4, -0.2) is 48.4 Å². The minimum absolute atomic E-state index is 0.0262. The Balaban J connectivity index is 1.24. The van der Waals surface area contributed by atoms with Crippen molar-refractivity contribution in [1.82, 2.24) is 24.5 Å². The van der Waals surface area contributed by atoms with Crippen molar-refractivity contribution in [2.45, 2.75) is 19.3 Å². The third-order valence-corrected chi connectivity index (χ3v) is 7.15. The first-order chi connectivity index (χ1) is 19.1. The lowest BCUT2D eigenvalue weighted by Gasteiger charge is -2.32. The molecule has 0 aliphatic carbocycles. The van der Waals surface area contributed by atoms with Gasteiger partial charge in [0, 0.05) is 55.2 Å². The molecule has 1 saturated heterocycles. The van der Waals surface area contributed by atoms with Gasteiger partial charge in [0.15, 0.2) is 0 Å². The minimum Gasteiger partial charge on any atom is -0.338 e. The first-order valence-electron chi connectivity index (χ1n) is 13.0. The topological polar surface area (TPSA) is 107 Å². The van der Waals surface area contributed by atoms with Gasteiger partial charge in [0.2, 0.25) is 0 Å². The number of nitro benzene ring substituents is 1. The summed E-state index contributed by atoms with van der Waals surface area (Å²) in [5.74, 6) is 0.841. The normalized spacial score (nSPS) is 15.4. The van der Waals surface area contributed by atoms with Crippen molar-refractivity contribution in [3.8, 4) is 22.5 Å². The first-order valence-corrected chi connectivity index (χ1v) is 13.0. The van der Waals surface area contributed by atoms with Crippen molar-refractivity contribution in [2.24, 2.45) is 5.92 Å². The highest BCUT2D eigenvalue weighted by Crippen LogP contribution is 2.34. The maximum Gasteiger partial charge on any atom is 0.269 e. The van der Waals surface area contributed by atoms with E-state index in [1.54, 1.807) is 6.20 Å². The Morgan fingerprint density at radius 2 is 1.79 bits per heavy atom. The van der Waals surface area contributed by atoms with E-state index in [9.17, 15) is 14.9 Å². The van der Waals surface area contributed by atoms with Crippen molar-refractivity contribution in [3.05, 3.63) is 113 Å². The number of hydrogen-bond acceptors (Lipinski definition) is 6. The summed E-state index contributed by atoms with van der Waals surface area (Å²) in [4.78, 5) is 35.0. The van der Waals surface area contributed by atoms with Crippen molar-refractivity contribution < 1.29 is 9.72 Å². The number of carbonyl (C=O) groups excluding carboxylic acids is 1. The second-order valence-corrected chi connectivity index (χ2v) is 9.75. The van der Waals surface area contributed by atoms with Crippen LogP contribution in [0.2, 0.25) is 0 Å². The fourth-order valence-electron chi connectivity index (χ4n) is 5.27. The number of aromatic nitrogens is 4. The van der Waals surface area contributed by atoms with Crippen molar-refractivity contribution in [3.63, 3.8) is 0 Å². The number of piperidine rings is 1. The Kier molecular flexibility index (Phi) is 6.54. The van der Waals surface area contributed by atoms with E-state index >= 15 is 0 Å². The fraction of sp³-hybridized carbons (Fsp3) is 0.200. The zero-order chi connectivity index (χ0) is 26.8. The second-order valence-electron chi connectivity index (χ2n) is 9.75. The molecule has 4 heterocycles. The zero-order valence-electron chi connectivity index (χ0n) is 21.2. The van der Waals surface area contributed by atoms with E-state index in [4.69, 9.17) is 10.1 Å². The SMILES string of the molecule is O=C(c1ccc([N+](=O)[O-])cc1)N1CCC[C@H](Cc2nccc(-c3c(-c4ccccc4)nn4ccccc34)n2)C1. The van der Waals surface area contributed by atoms with Crippen LogP contribution in [0.3, 0.4) is 0 Å². The largest absolute Gasteiger partial charge is 0.338 e. The summed E-state index contributed by atoms with van der Waals surface area (Å²) in [5, 5.41) is 15.8. The van der Waals surface area contributed by atoms with Gasteiger partial charge in [-0.25, -0.2) is 14.5 Å². The second kappa shape index (κ2) is 10.4. The number of amides is 1. The van der Waals surface area contributed by atoms with E-state index in [0.717, 1.165) is 46.7 Å².